The highest BCUT2D eigenvalue weighted by Crippen LogP contribution is 2.21. The van der Waals surface area contributed by atoms with Crippen molar-refractivity contribution in [3.63, 3.8) is 0 Å². The fraction of sp³-hybridized carbons (Fsp3) is 0.105. The van der Waals surface area contributed by atoms with Gasteiger partial charge in [0.25, 0.3) is 0 Å². The van der Waals surface area contributed by atoms with E-state index in [-0.39, 0.29) is 11.6 Å². The smallest absolute Gasteiger partial charge is 0.354 e. The zero-order chi connectivity index (χ0) is 17.8. The Morgan fingerprint density at radius 2 is 1.64 bits per heavy atom. The van der Waals surface area contributed by atoms with Crippen LogP contribution in [0.4, 0.5) is 5.69 Å². The number of carbonyl (C=O) groups is 2. The van der Waals surface area contributed by atoms with Gasteiger partial charge in [0.15, 0.2) is 0 Å². The van der Waals surface area contributed by atoms with Crippen molar-refractivity contribution >= 4 is 17.6 Å². The Morgan fingerprint density at radius 3 is 2.28 bits per heavy atom. The van der Waals surface area contributed by atoms with Gasteiger partial charge >= 0.3 is 5.97 Å². The number of hydrogen-bond donors (Lipinski definition) is 2. The number of benzene rings is 2. The first-order valence-electron chi connectivity index (χ1n) is 7.79. The van der Waals surface area contributed by atoms with E-state index in [1.807, 2.05) is 54.6 Å². The number of carboxylic acids is 1. The maximum atomic E-state index is 12.4. The molecule has 1 atom stereocenters. The molecule has 3 aromatic rings. The van der Waals surface area contributed by atoms with Gasteiger partial charge in [0.2, 0.25) is 5.91 Å². The fourth-order valence-corrected chi connectivity index (χ4v) is 2.53. The molecule has 0 aliphatic heterocycles. The normalized spacial score (nSPS) is 11.7. The molecule has 0 aliphatic rings. The third-order valence-corrected chi connectivity index (χ3v) is 3.90. The van der Waals surface area contributed by atoms with E-state index < -0.39 is 12.0 Å². The lowest BCUT2D eigenvalue weighted by atomic mass is 10.1. The van der Waals surface area contributed by atoms with Crippen LogP contribution in [0.25, 0.3) is 11.1 Å². The van der Waals surface area contributed by atoms with Gasteiger partial charge in [-0.2, -0.15) is 5.10 Å². The molecule has 6 nitrogen and oxygen atoms in total. The molecule has 1 heterocycles. The molecule has 126 valence electrons. The second-order valence-corrected chi connectivity index (χ2v) is 5.57. The van der Waals surface area contributed by atoms with Crippen LogP contribution in [0.3, 0.4) is 0 Å². The van der Waals surface area contributed by atoms with Crippen LogP contribution >= 0.6 is 0 Å². The summed E-state index contributed by atoms with van der Waals surface area (Å²) in [5.74, 6) is -1.46. The Kier molecular flexibility index (Phi) is 4.61. The van der Waals surface area contributed by atoms with Crippen LogP contribution in [0.1, 0.15) is 23.5 Å². The standard InChI is InChI=1S/C19H17N3O3/c1-13(22-17(19(24)25)11-12-20-22)18(23)21-16-9-7-15(8-10-16)14-5-3-2-4-6-14/h2-13H,1H3,(H,21,23)(H,24,25). The number of hydrogen-bond acceptors (Lipinski definition) is 3. The Bertz CT molecular complexity index is 886. The van der Waals surface area contributed by atoms with Crippen molar-refractivity contribution in [3.8, 4) is 11.1 Å². The van der Waals surface area contributed by atoms with Gasteiger partial charge in [-0.05, 0) is 36.2 Å². The van der Waals surface area contributed by atoms with Crippen molar-refractivity contribution in [1.82, 2.24) is 9.78 Å². The van der Waals surface area contributed by atoms with Gasteiger partial charge in [-0.1, -0.05) is 42.5 Å². The zero-order valence-electron chi connectivity index (χ0n) is 13.6. The molecule has 6 heteroatoms. The van der Waals surface area contributed by atoms with E-state index in [2.05, 4.69) is 10.4 Å². The second kappa shape index (κ2) is 7.00. The first-order valence-corrected chi connectivity index (χ1v) is 7.79. The van der Waals surface area contributed by atoms with Gasteiger partial charge in [0, 0.05) is 11.9 Å². The van der Waals surface area contributed by atoms with Gasteiger partial charge in [0.05, 0.1) is 0 Å². The topological polar surface area (TPSA) is 84.2 Å². The molecule has 0 fully saturated rings. The van der Waals surface area contributed by atoms with Crippen molar-refractivity contribution in [1.29, 1.82) is 0 Å². The number of carboxylic acid groups (broad SMARTS) is 1. The van der Waals surface area contributed by atoms with E-state index in [9.17, 15) is 9.59 Å². The number of nitrogens with zero attached hydrogens (tertiary/aromatic N) is 2. The summed E-state index contributed by atoms with van der Waals surface area (Å²) in [6.07, 6.45) is 1.36. The number of carbonyl (C=O) groups excluding carboxylic acids is 1. The zero-order valence-corrected chi connectivity index (χ0v) is 13.6. The summed E-state index contributed by atoms with van der Waals surface area (Å²) >= 11 is 0. The summed E-state index contributed by atoms with van der Waals surface area (Å²) in [5.41, 5.74) is 2.76. The van der Waals surface area contributed by atoms with E-state index >= 15 is 0 Å². The van der Waals surface area contributed by atoms with Crippen LogP contribution in [-0.2, 0) is 4.79 Å². The quantitative estimate of drug-likeness (QED) is 0.748. The molecule has 0 bridgehead atoms. The van der Waals surface area contributed by atoms with Crippen LogP contribution in [0.2, 0.25) is 0 Å². The summed E-state index contributed by atoms with van der Waals surface area (Å²) in [4.78, 5) is 23.5. The highest BCUT2D eigenvalue weighted by molar-refractivity contribution is 5.94. The summed E-state index contributed by atoms with van der Waals surface area (Å²) < 4.78 is 1.19. The predicted molar refractivity (Wildman–Crippen MR) is 94.4 cm³/mol. The maximum Gasteiger partial charge on any atom is 0.354 e. The molecule has 1 aromatic heterocycles. The van der Waals surface area contributed by atoms with Crippen LogP contribution in [-0.4, -0.2) is 26.8 Å². The Labute approximate surface area is 144 Å². The lowest BCUT2D eigenvalue weighted by Gasteiger charge is -2.14. The minimum absolute atomic E-state index is 0.0259. The van der Waals surface area contributed by atoms with E-state index in [1.165, 1.54) is 16.9 Å². The minimum Gasteiger partial charge on any atom is -0.477 e. The van der Waals surface area contributed by atoms with Crippen molar-refractivity contribution in [2.75, 3.05) is 5.32 Å². The number of amides is 1. The lowest BCUT2D eigenvalue weighted by Crippen LogP contribution is -2.26. The van der Waals surface area contributed by atoms with E-state index in [0.29, 0.717) is 5.69 Å². The van der Waals surface area contributed by atoms with Crippen LogP contribution in [0.15, 0.2) is 66.9 Å². The number of rotatable bonds is 5. The average molecular weight is 335 g/mol. The predicted octanol–water partition coefficient (Wildman–Crippen LogP) is 3.45. The minimum atomic E-state index is -1.12. The number of aromatic carboxylic acids is 1. The first-order chi connectivity index (χ1) is 12.1. The van der Waals surface area contributed by atoms with Crippen molar-refractivity contribution in [2.45, 2.75) is 13.0 Å². The molecule has 25 heavy (non-hydrogen) atoms. The molecule has 0 saturated carbocycles. The molecule has 0 saturated heterocycles. The monoisotopic (exact) mass is 335 g/mol. The summed E-state index contributed by atoms with van der Waals surface area (Å²) in [6.45, 7) is 1.60. The molecule has 2 aromatic carbocycles. The number of nitrogens with one attached hydrogen (secondary N) is 1. The Balaban J connectivity index is 1.72. The molecular weight excluding hydrogens is 318 g/mol. The molecule has 1 amide bonds. The van der Waals surface area contributed by atoms with Crippen molar-refractivity contribution < 1.29 is 14.7 Å². The largest absolute Gasteiger partial charge is 0.477 e. The second-order valence-electron chi connectivity index (χ2n) is 5.57. The Hall–Kier alpha value is -3.41. The van der Waals surface area contributed by atoms with E-state index in [1.54, 1.807) is 6.92 Å². The molecule has 0 spiro atoms. The summed E-state index contributed by atoms with van der Waals surface area (Å²) in [7, 11) is 0. The molecule has 0 radical (unpaired) electrons. The summed E-state index contributed by atoms with van der Waals surface area (Å²) in [5, 5.41) is 15.8. The van der Waals surface area contributed by atoms with E-state index in [0.717, 1.165) is 11.1 Å². The van der Waals surface area contributed by atoms with Crippen LogP contribution in [0.5, 0.6) is 0 Å². The molecule has 1 unspecified atom stereocenters. The van der Waals surface area contributed by atoms with Gasteiger partial charge in [-0.15, -0.1) is 0 Å². The highest BCUT2D eigenvalue weighted by Gasteiger charge is 2.21. The Morgan fingerprint density at radius 1 is 1.00 bits per heavy atom. The van der Waals surface area contributed by atoms with E-state index in [4.69, 9.17) is 5.11 Å². The molecule has 2 N–H and O–H groups in total. The highest BCUT2D eigenvalue weighted by atomic mass is 16.4. The summed E-state index contributed by atoms with van der Waals surface area (Å²) in [6, 6.07) is 18.0. The number of aromatic nitrogens is 2. The van der Waals surface area contributed by atoms with Crippen molar-refractivity contribution in [3.05, 3.63) is 72.6 Å². The maximum absolute atomic E-state index is 12.4. The first kappa shape index (κ1) is 16.4. The third kappa shape index (κ3) is 3.58. The number of anilines is 1. The fourth-order valence-electron chi connectivity index (χ4n) is 2.53. The van der Waals surface area contributed by atoms with Crippen LogP contribution in [0, 0.1) is 0 Å². The molecule has 0 aliphatic carbocycles. The SMILES string of the molecule is CC(C(=O)Nc1ccc(-c2ccccc2)cc1)n1nccc1C(=O)O. The van der Waals surface area contributed by atoms with Gasteiger partial charge < -0.3 is 10.4 Å². The third-order valence-electron chi connectivity index (χ3n) is 3.90. The van der Waals surface area contributed by atoms with Gasteiger partial charge in [-0.3, -0.25) is 4.79 Å². The van der Waals surface area contributed by atoms with Crippen molar-refractivity contribution in [2.24, 2.45) is 0 Å². The average Bonchev–Trinajstić information content (AvgIpc) is 3.12. The van der Waals surface area contributed by atoms with Gasteiger partial charge in [0.1, 0.15) is 11.7 Å². The van der Waals surface area contributed by atoms with Gasteiger partial charge in [-0.25, -0.2) is 9.48 Å². The van der Waals surface area contributed by atoms with Crippen LogP contribution < -0.4 is 5.32 Å². The lowest BCUT2D eigenvalue weighted by molar-refractivity contribution is -0.119. The molecule has 3 rings (SSSR count). The molecular formula is C19H17N3O3.